The average molecular weight is 352 g/mol. The minimum atomic E-state index is -1.35. The first-order valence-electron chi connectivity index (χ1n) is 7.23. The summed E-state index contributed by atoms with van der Waals surface area (Å²) >= 11 is 1.30. The molecule has 2 atom stereocenters. The van der Waals surface area contributed by atoms with Crippen LogP contribution in [0.1, 0.15) is 17.7 Å². The molecule has 2 rings (SSSR count). The van der Waals surface area contributed by atoms with Crippen LogP contribution in [0.4, 0.5) is 0 Å². The quantitative estimate of drug-likeness (QED) is 0.319. The molecule has 4 N–H and O–H groups in total. The molecule has 0 fully saturated rings. The van der Waals surface area contributed by atoms with Gasteiger partial charge in [-0.25, -0.2) is 0 Å². The first-order chi connectivity index (χ1) is 11.5. The smallest absolute Gasteiger partial charge is 0.478 e. The monoisotopic (exact) mass is 352 g/mol. The molecule has 0 saturated carbocycles. The number of hydrogen-bond donors (Lipinski definition) is 4. The maximum atomic E-state index is 12.4. The van der Waals surface area contributed by atoms with Crippen molar-refractivity contribution in [3.63, 3.8) is 0 Å². The highest BCUT2D eigenvalue weighted by Gasteiger charge is 2.33. The molecule has 0 aromatic carbocycles. The van der Waals surface area contributed by atoms with Gasteiger partial charge in [0.05, 0.1) is 23.3 Å². The number of rotatable bonds is 6. The number of nitrogens with zero attached hydrogens (tertiary/aromatic N) is 1. The highest BCUT2D eigenvalue weighted by atomic mass is 32.1. The van der Waals surface area contributed by atoms with Crippen LogP contribution in [0, 0.1) is 0 Å². The number of aliphatic hydroxyl groups is 1. The number of thiophene rings is 1. The summed E-state index contributed by atoms with van der Waals surface area (Å²) in [7, 11) is -1.35. The molecule has 0 radical (unpaired) electrons. The number of hydrogen-bond acceptors (Lipinski definition) is 7. The summed E-state index contributed by atoms with van der Waals surface area (Å²) in [5.74, 6) is -2.35. The topological polar surface area (TPSA) is 128 Å². The van der Waals surface area contributed by atoms with Gasteiger partial charge in [-0.05, 0) is 17.9 Å². The van der Waals surface area contributed by atoms with Crippen LogP contribution in [0.3, 0.4) is 0 Å². The maximum Gasteiger partial charge on any atom is 0.478 e. The highest BCUT2D eigenvalue weighted by Crippen LogP contribution is 2.14. The summed E-state index contributed by atoms with van der Waals surface area (Å²) < 4.78 is 5.25. The van der Waals surface area contributed by atoms with Crippen molar-refractivity contribution in [3.05, 3.63) is 34.5 Å². The van der Waals surface area contributed by atoms with Gasteiger partial charge in [0.25, 0.3) is 5.91 Å². The van der Waals surface area contributed by atoms with Gasteiger partial charge in [-0.1, -0.05) is 18.2 Å². The second-order valence-electron chi connectivity index (χ2n) is 5.03. The van der Waals surface area contributed by atoms with Crippen molar-refractivity contribution in [2.75, 3.05) is 6.73 Å². The van der Waals surface area contributed by atoms with E-state index >= 15 is 0 Å². The molecule has 1 aromatic heterocycles. The van der Waals surface area contributed by atoms with Crippen LogP contribution >= 0.6 is 11.3 Å². The summed E-state index contributed by atoms with van der Waals surface area (Å²) in [5.41, 5.74) is 0.0648. The molecule has 2 heterocycles. The number of amides is 1. The van der Waals surface area contributed by atoms with Gasteiger partial charge in [0.15, 0.2) is 0 Å². The Morgan fingerprint density at radius 3 is 2.92 bits per heavy atom. The van der Waals surface area contributed by atoms with Crippen molar-refractivity contribution in [3.8, 4) is 0 Å². The van der Waals surface area contributed by atoms with Gasteiger partial charge in [0.2, 0.25) is 0 Å². The first-order valence-corrected chi connectivity index (χ1v) is 8.11. The molecule has 0 spiro atoms. The van der Waals surface area contributed by atoms with Crippen molar-refractivity contribution in [1.82, 2.24) is 5.32 Å². The molecular formula is C14H17BN2O6S. The molecule has 128 valence electrons. The molecule has 10 heteroatoms. The van der Waals surface area contributed by atoms with Crippen LogP contribution < -0.4 is 5.32 Å². The molecule has 1 aromatic rings. The van der Waals surface area contributed by atoms with Gasteiger partial charge in [-0.15, -0.1) is 11.3 Å². The normalized spacial score (nSPS) is 21.4. The average Bonchev–Trinajstić information content (AvgIpc) is 2.98. The van der Waals surface area contributed by atoms with E-state index in [4.69, 9.17) is 14.9 Å². The third-order valence-corrected chi connectivity index (χ3v) is 4.17. The lowest BCUT2D eigenvalue weighted by Crippen LogP contribution is -2.50. The van der Waals surface area contributed by atoms with E-state index in [9.17, 15) is 14.6 Å². The Morgan fingerprint density at radius 1 is 1.50 bits per heavy atom. The largest absolute Gasteiger partial charge is 0.481 e. The number of aliphatic imine (C=N–C) groups is 1. The number of carbonyl (C=O) groups excluding carboxylic acids is 1. The summed E-state index contributed by atoms with van der Waals surface area (Å²) in [6.07, 6.45) is 2.44. The molecular weight excluding hydrogens is 335 g/mol. The van der Waals surface area contributed by atoms with Crippen LogP contribution in [-0.2, 0) is 14.2 Å². The lowest BCUT2D eigenvalue weighted by atomic mass is 9.77. The van der Waals surface area contributed by atoms with E-state index in [2.05, 4.69) is 10.3 Å². The Kier molecular flexibility index (Phi) is 6.67. The third kappa shape index (κ3) is 5.00. The van der Waals surface area contributed by atoms with Gasteiger partial charge in [-0.2, -0.15) is 0 Å². The fraction of sp³-hybridized carbons (Fsp3) is 0.357. The molecule has 8 nitrogen and oxygen atoms in total. The number of nitrogens with one attached hydrogen (secondary N) is 1. The molecule has 1 aliphatic heterocycles. The van der Waals surface area contributed by atoms with E-state index < -0.39 is 37.8 Å². The molecule has 0 saturated heterocycles. The fourth-order valence-corrected chi connectivity index (χ4v) is 2.94. The Balaban J connectivity index is 2.04. The van der Waals surface area contributed by atoms with Gasteiger partial charge in [0.1, 0.15) is 12.4 Å². The van der Waals surface area contributed by atoms with Crippen molar-refractivity contribution >= 4 is 36.0 Å². The zero-order valence-corrected chi connectivity index (χ0v) is 13.5. The van der Waals surface area contributed by atoms with E-state index in [0.29, 0.717) is 4.88 Å². The zero-order valence-electron chi connectivity index (χ0n) is 12.7. The lowest BCUT2D eigenvalue weighted by molar-refractivity contribution is -0.138. The van der Waals surface area contributed by atoms with Crippen LogP contribution in [0.15, 0.2) is 34.7 Å². The van der Waals surface area contributed by atoms with Crippen molar-refractivity contribution in [2.24, 2.45) is 4.99 Å². The maximum absolute atomic E-state index is 12.4. The van der Waals surface area contributed by atoms with Crippen LogP contribution in [0.5, 0.6) is 0 Å². The number of carboxylic acids is 1. The van der Waals surface area contributed by atoms with Crippen molar-refractivity contribution < 1.29 is 29.5 Å². The number of carbonyl (C=O) groups is 2. The second-order valence-corrected chi connectivity index (χ2v) is 5.98. The number of aliphatic hydroxyl groups excluding tert-OH is 1. The molecule has 0 aliphatic carbocycles. The van der Waals surface area contributed by atoms with E-state index in [-0.39, 0.29) is 18.6 Å². The minimum absolute atomic E-state index is 0.0648. The number of aliphatic carboxylic acids is 1. The van der Waals surface area contributed by atoms with E-state index in [1.165, 1.54) is 11.3 Å². The third-order valence-electron chi connectivity index (χ3n) is 3.29. The molecule has 0 bridgehead atoms. The Labute approximate surface area is 142 Å². The molecule has 1 amide bonds. The Hall–Kier alpha value is -2.01. The van der Waals surface area contributed by atoms with E-state index in [1.54, 1.807) is 29.7 Å². The second kappa shape index (κ2) is 8.74. The summed E-state index contributed by atoms with van der Waals surface area (Å²) in [5, 5.41) is 32.2. The zero-order chi connectivity index (χ0) is 17.5. The summed E-state index contributed by atoms with van der Waals surface area (Å²) in [4.78, 5) is 27.5. The molecule has 24 heavy (non-hydrogen) atoms. The van der Waals surface area contributed by atoms with E-state index in [0.717, 1.165) is 0 Å². The fourth-order valence-electron chi connectivity index (χ4n) is 2.21. The standard InChI is InChI=1S/C14H17BN2O6S/c18-8-16-13(10-4-2-6-24-10)14(21)17-11-5-1-3-9(7-12(19)20)23-15(11)22/h1-4,6,9,11,18,22H,5,7-8H2,(H,17,21)(H,19,20)/b16-13-/t9-,11+/m1/s1. The van der Waals surface area contributed by atoms with Crippen LogP contribution in [-0.4, -0.2) is 58.7 Å². The lowest BCUT2D eigenvalue weighted by Gasteiger charge is -2.20. The Morgan fingerprint density at radius 2 is 2.29 bits per heavy atom. The van der Waals surface area contributed by atoms with Gasteiger partial charge < -0.3 is 25.2 Å². The predicted octanol–water partition coefficient (Wildman–Crippen LogP) is -0.189. The van der Waals surface area contributed by atoms with Crippen LogP contribution in [0.2, 0.25) is 0 Å². The number of carboxylic acid groups (broad SMARTS) is 1. The van der Waals surface area contributed by atoms with Gasteiger partial charge in [-0.3, -0.25) is 14.6 Å². The summed E-state index contributed by atoms with van der Waals surface area (Å²) in [6.45, 7) is -0.537. The van der Waals surface area contributed by atoms with Crippen LogP contribution in [0.25, 0.3) is 0 Å². The predicted molar refractivity (Wildman–Crippen MR) is 88.7 cm³/mol. The SMILES string of the molecule is O=C(O)C[C@H]1C=CC[C@H](NC(=O)/C(=N\CO)c2cccs2)B(O)O1. The minimum Gasteiger partial charge on any atom is -0.481 e. The van der Waals surface area contributed by atoms with Crippen molar-refractivity contribution in [1.29, 1.82) is 0 Å². The van der Waals surface area contributed by atoms with Gasteiger partial charge in [0, 0.05) is 0 Å². The Bertz CT molecular complexity index is 633. The first kappa shape index (κ1) is 18.3. The summed E-state index contributed by atoms with van der Waals surface area (Å²) in [6, 6.07) is 3.45. The van der Waals surface area contributed by atoms with E-state index in [1.807, 2.05) is 0 Å². The highest BCUT2D eigenvalue weighted by molar-refractivity contribution is 7.13. The van der Waals surface area contributed by atoms with Gasteiger partial charge >= 0.3 is 13.1 Å². The van der Waals surface area contributed by atoms with Crippen molar-refractivity contribution in [2.45, 2.75) is 24.9 Å². The molecule has 0 unspecified atom stereocenters. The molecule has 1 aliphatic rings.